The van der Waals surface area contributed by atoms with Crippen molar-refractivity contribution in [1.82, 2.24) is 4.98 Å². The van der Waals surface area contributed by atoms with Crippen molar-refractivity contribution in [3.8, 4) is 0 Å². The third-order valence-corrected chi connectivity index (χ3v) is 1.72. The first-order chi connectivity index (χ1) is 6.31. The molecular weight excluding hydrogens is 168 g/mol. The third kappa shape index (κ3) is 2.26. The van der Waals surface area contributed by atoms with Crippen LogP contribution in [0.4, 0.5) is 0 Å². The number of hydrogen-bond acceptors (Lipinski definition) is 4. The zero-order valence-corrected chi connectivity index (χ0v) is 7.44. The fourth-order valence-electron chi connectivity index (χ4n) is 1.03. The lowest BCUT2D eigenvalue weighted by atomic mass is 10.2. The average Bonchev–Trinajstić information content (AvgIpc) is 2.20. The first kappa shape index (κ1) is 9.67. The molecule has 0 bridgehead atoms. The van der Waals surface area contributed by atoms with Crippen LogP contribution in [0.2, 0.25) is 0 Å². The molecule has 1 aromatic heterocycles. The topological polar surface area (TPSA) is 65.7 Å². The summed E-state index contributed by atoms with van der Waals surface area (Å²) in [5.41, 5.74) is 1.71. The van der Waals surface area contributed by atoms with Crippen LogP contribution < -0.4 is 0 Å². The molecule has 0 radical (unpaired) electrons. The van der Waals surface area contributed by atoms with Crippen molar-refractivity contribution >= 4 is 5.71 Å². The molecule has 13 heavy (non-hydrogen) atoms. The molecule has 70 valence electrons. The molecule has 0 aliphatic rings. The van der Waals surface area contributed by atoms with E-state index in [0.717, 1.165) is 0 Å². The second kappa shape index (κ2) is 4.57. The van der Waals surface area contributed by atoms with Gasteiger partial charge in [0.1, 0.15) is 5.71 Å². The molecule has 0 aliphatic heterocycles. The van der Waals surface area contributed by atoms with Gasteiger partial charge in [-0.25, -0.2) is 4.98 Å². The second-order valence-electron chi connectivity index (χ2n) is 2.57. The van der Waals surface area contributed by atoms with E-state index in [1.54, 1.807) is 18.2 Å². The van der Waals surface area contributed by atoms with Gasteiger partial charge in [0.05, 0.1) is 18.0 Å². The van der Waals surface area contributed by atoms with E-state index in [9.17, 15) is 0 Å². The van der Waals surface area contributed by atoms with Crippen molar-refractivity contribution in [2.24, 2.45) is 5.16 Å². The van der Waals surface area contributed by atoms with Crippen molar-refractivity contribution in [3.05, 3.63) is 29.6 Å². The Morgan fingerprint density at radius 1 is 1.54 bits per heavy atom. The number of rotatable bonds is 3. The van der Waals surface area contributed by atoms with Crippen LogP contribution in [0.3, 0.4) is 0 Å². The minimum absolute atomic E-state index is 0.101. The molecule has 1 rings (SSSR count). The highest BCUT2D eigenvalue weighted by Gasteiger charge is 2.03. The maximum Gasteiger partial charge on any atom is 0.105 e. The molecule has 4 nitrogen and oxygen atoms in total. The van der Waals surface area contributed by atoms with E-state index < -0.39 is 0 Å². The van der Waals surface area contributed by atoms with Crippen molar-refractivity contribution in [1.29, 1.82) is 0 Å². The highest BCUT2D eigenvalue weighted by atomic mass is 16.4. The standard InChI is InChI=1S/C9H12N2O2/c1-2-8(11-13)9-5-3-4-7(6-12)10-9/h3-5,12-13H,2,6H2,1H3. The molecule has 1 heterocycles. The second-order valence-corrected chi connectivity index (χ2v) is 2.57. The molecule has 0 saturated heterocycles. The number of pyridine rings is 1. The summed E-state index contributed by atoms with van der Waals surface area (Å²) in [6, 6.07) is 5.24. The molecule has 0 aromatic carbocycles. The van der Waals surface area contributed by atoms with Gasteiger partial charge in [0.15, 0.2) is 0 Å². The number of oxime groups is 1. The summed E-state index contributed by atoms with van der Waals surface area (Å²) < 4.78 is 0. The summed E-state index contributed by atoms with van der Waals surface area (Å²) in [6.45, 7) is 1.78. The van der Waals surface area contributed by atoms with E-state index in [1.807, 2.05) is 6.92 Å². The summed E-state index contributed by atoms with van der Waals surface area (Å²) in [7, 11) is 0. The number of nitrogens with zero attached hydrogens (tertiary/aromatic N) is 2. The minimum Gasteiger partial charge on any atom is -0.411 e. The van der Waals surface area contributed by atoms with Crippen molar-refractivity contribution in [2.75, 3.05) is 0 Å². The molecule has 0 amide bonds. The van der Waals surface area contributed by atoms with Crippen LogP contribution in [0.25, 0.3) is 0 Å². The van der Waals surface area contributed by atoms with Crippen molar-refractivity contribution in [3.63, 3.8) is 0 Å². The predicted octanol–water partition coefficient (Wildman–Crippen LogP) is 1.16. The molecule has 0 unspecified atom stereocenters. The average molecular weight is 180 g/mol. The normalized spacial score (nSPS) is 11.7. The van der Waals surface area contributed by atoms with Gasteiger partial charge in [-0.05, 0) is 18.6 Å². The molecule has 0 atom stereocenters. The molecule has 2 N–H and O–H groups in total. The molecule has 1 aromatic rings. The van der Waals surface area contributed by atoms with Gasteiger partial charge in [-0.15, -0.1) is 0 Å². The van der Waals surface area contributed by atoms with Gasteiger partial charge in [-0.2, -0.15) is 0 Å². The van der Waals surface area contributed by atoms with E-state index >= 15 is 0 Å². The first-order valence-corrected chi connectivity index (χ1v) is 4.10. The molecule has 0 fully saturated rings. The first-order valence-electron chi connectivity index (χ1n) is 4.10. The fraction of sp³-hybridized carbons (Fsp3) is 0.333. The lowest BCUT2D eigenvalue weighted by molar-refractivity contribution is 0.276. The zero-order chi connectivity index (χ0) is 9.68. The van der Waals surface area contributed by atoms with E-state index in [0.29, 0.717) is 23.5 Å². The predicted molar refractivity (Wildman–Crippen MR) is 48.8 cm³/mol. The Labute approximate surface area is 76.5 Å². The highest BCUT2D eigenvalue weighted by Crippen LogP contribution is 2.03. The van der Waals surface area contributed by atoms with Gasteiger partial charge in [-0.1, -0.05) is 18.1 Å². The minimum atomic E-state index is -0.101. The molecule has 0 saturated carbocycles. The van der Waals surface area contributed by atoms with Gasteiger partial charge in [0.25, 0.3) is 0 Å². The van der Waals surface area contributed by atoms with E-state index in [2.05, 4.69) is 10.1 Å². The summed E-state index contributed by atoms with van der Waals surface area (Å²) in [5, 5.41) is 20.6. The molecular formula is C9H12N2O2. The smallest absolute Gasteiger partial charge is 0.105 e. The van der Waals surface area contributed by atoms with E-state index in [1.165, 1.54) is 0 Å². The van der Waals surface area contributed by atoms with E-state index in [4.69, 9.17) is 10.3 Å². The highest BCUT2D eigenvalue weighted by molar-refractivity contribution is 5.98. The monoisotopic (exact) mass is 180 g/mol. The molecule has 4 heteroatoms. The third-order valence-electron chi connectivity index (χ3n) is 1.72. The Hall–Kier alpha value is -1.42. The Balaban J connectivity index is 3.00. The summed E-state index contributed by atoms with van der Waals surface area (Å²) in [5.74, 6) is 0. The molecule has 0 aliphatic carbocycles. The lowest BCUT2D eigenvalue weighted by Crippen LogP contribution is -2.04. The Bertz CT molecular complexity index is 310. The number of aliphatic hydroxyl groups excluding tert-OH is 1. The van der Waals surface area contributed by atoms with E-state index in [-0.39, 0.29) is 6.61 Å². The largest absolute Gasteiger partial charge is 0.411 e. The van der Waals surface area contributed by atoms with Crippen LogP contribution in [0.15, 0.2) is 23.4 Å². The van der Waals surface area contributed by atoms with Crippen LogP contribution in [-0.2, 0) is 6.61 Å². The van der Waals surface area contributed by atoms with Crippen LogP contribution >= 0.6 is 0 Å². The summed E-state index contributed by atoms with van der Waals surface area (Å²) >= 11 is 0. The lowest BCUT2D eigenvalue weighted by Gasteiger charge is -2.01. The SMILES string of the molecule is CCC(=NO)c1cccc(CO)n1. The van der Waals surface area contributed by atoms with Crippen molar-refractivity contribution < 1.29 is 10.3 Å². The maximum absolute atomic E-state index is 8.82. The fourth-order valence-corrected chi connectivity index (χ4v) is 1.03. The van der Waals surface area contributed by atoms with Gasteiger partial charge in [0, 0.05) is 0 Å². The number of hydrogen-bond donors (Lipinski definition) is 2. The van der Waals surface area contributed by atoms with Crippen LogP contribution in [0, 0.1) is 0 Å². The van der Waals surface area contributed by atoms with Gasteiger partial charge in [0.2, 0.25) is 0 Å². The van der Waals surface area contributed by atoms with Crippen LogP contribution in [0.1, 0.15) is 24.7 Å². The van der Waals surface area contributed by atoms with Crippen molar-refractivity contribution in [2.45, 2.75) is 20.0 Å². The van der Waals surface area contributed by atoms with Gasteiger partial charge in [-0.3, -0.25) is 0 Å². The number of aliphatic hydroxyl groups is 1. The zero-order valence-electron chi connectivity index (χ0n) is 7.44. The van der Waals surface area contributed by atoms with Gasteiger partial charge >= 0.3 is 0 Å². The van der Waals surface area contributed by atoms with Gasteiger partial charge < -0.3 is 10.3 Å². The Morgan fingerprint density at radius 2 is 2.31 bits per heavy atom. The Kier molecular flexibility index (Phi) is 3.40. The molecule has 0 spiro atoms. The summed E-state index contributed by atoms with van der Waals surface area (Å²) in [6.07, 6.45) is 0.610. The summed E-state index contributed by atoms with van der Waals surface area (Å²) in [4.78, 5) is 4.09. The Morgan fingerprint density at radius 3 is 2.85 bits per heavy atom. The maximum atomic E-state index is 8.82. The van der Waals surface area contributed by atoms with Crippen LogP contribution in [-0.4, -0.2) is 21.0 Å². The quantitative estimate of drug-likeness (QED) is 0.416. The van der Waals surface area contributed by atoms with Crippen LogP contribution in [0.5, 0.6) is 0 Å². The number of aromatic nitrogens is 1.